The summed E-state index contributed by atoms with van der Waals surface area (Å²) in [7, 11) is 0. The predicted molar refractivity (Wildman–Crippen MR) is 105 cm³/mol. The smallest absolute Gasteiger partial charge is 0.255 e. The molecule has 0 unspecified atom stereocenters. The average Bonchev–Trinajstić information content (AvgIpc) is 3.37. The van der Waals surface area contributed by atoms with Gasteiger partial charge >= 0.3 is 0 Å². The number of nitrogens with one attached hydrogen (secondary N) is 1. The topological polar surface area (TPSA) is 63.1 Å². The number of rotatable bonds is 5. The van der Waals surface area contributed by atoms with E-state index < -0.39 is 0 Å². The molecule has 1 aromatic carbocycles. The first-order chi connectivity index (χ1) is 13.2. The SMILES string of the molecule is Cc1c(C(=O)NCc2ccnc(N3CCCC3)c2)cnn1-c1ccccc1. The maximum atomic E-state index is 12.6. The van der Waals surface area contributed by atoms with Crippen LogP contribution in [-0.2, 0) is 6.54 Å². The van der Waals surface area contributed by atoms with Gasteiger partial charge in [0, 0.05) is 25.8 Å². The molecule has 0 bridgehead atoms. The van der Waals surface area contributed by atoms with Gasteiger partial charge in [0.1, 0.15) is 5.82 Å². The van der Waals surface area contributed by atoms with Gasteiger partial charge in [-0.3, -0.25) is 4.79 Å². The van der Waals surface area contributed by atoms with Gasteiger partial charge in [-0.2, -0.15) is 5.10 Å². The van der Waals surface area contributed by atoms with Crippen LogP contribution in [0.2, 0.25) is 0 Å². The highest BCUT2D eigenvalue weighted by molar-refractivity contribution is 5.95. The van der Waals surface area contributed by atoms with Crippen LogP contribution >= 0.6 is 0 Å². The first kappa shape index (κ1) is 17.3. The molecule has 1 amide bonds. The molecule has 6 heteroatoms. The molecule has 0 spiro atoms. The largest absolute Gasteiger partial charge is 0.357 e. The second-order valence-electron chi connectivity index (χ2n) is 6.79. The number of aromatic nitrogens is 3. The molecule has 1 aliphatic rings. The lowest BCUT2D eigenvalue weighted by Crippen LogP contribution is -2.24. The molecule has 4 rings (SSSR count). The molecular formula is C21H23N5O. The van der Waals surface area contributed by atoms with Gasteiger partial charge in [0.05, 0.1) is 23.1 Å². The molecule has 0 saturated carbocycles. The van der Waals surface area contributed by atoms with E-state index >= 15 is 0 Å². The molecule has 1 saturated heterocycles. The minimum atomic E-state index is -0.116. The van der Waals surface area contributed by atoms with Crippen molar-refractivity contribution in [2.24, 2.45) is 0 Å². The van der Waals surface area contributed by atoms with Crippen LogP contribution in [0, 0.1) is 6.92 Å². The van der Waals surface area contributed by atoms with Crippen molar-refractivity contribution in [3.63, 3.8) is 0 Å². The fourth-order valence-corrected chi connectivity index (χ4v) is 3.43. The van der Waals surface area contributed by atoms with E-state index in [9.17, 15) is 4.79 Å². The summed E-state index contributed by atoms with van der Waals surface area (Å²) in [6.07, 6.45) is 5.87. The number of anilines is 1. The molecule has 2 aromatic heterocycles. The zero-order valence-electron chi connectivity index (χ0n) is 15.4. The number of carbonyl (C=O) groups excluding carboxylic acids is 1. The van der Waals surface area contributed by atoms with Crippen LogP contribution in [0.4, 0.5) is 5.82 Å². The quantitative estimate of drug-likeness (QED) is 0.758. The molecule has 1 fully saturated rings. The van der Waals surface area contributed by atoms with Crippen molar-refractivity contribution in [2.45, 2.75) is 26.3 Å². The van der Waals surface area contributed by atoms with Gasteiger partial charge in [-0.15, -0.1) is 0 Å². The average molecular weight is 361 g/mol. The van der Waals surface area contributed by atoms with E-state index in [1.165, 1.54) is 12.8 Å². The number of carbonyl (C=O) groups is 1. The molecule has 0 radical (unpaired) electrons. The lowest BCUT2D eigenvalue weighted by Gasteiger charge is -2.17. The van der Waals surface area contributed by atoms with Crippen LogP contribution < -0.4 is 10.2 Å². The first-order valence-electron chi connectivity index (χ1n) is 9.30. The summed E-state index contributed by atoms with van der Waals surface area (Å²) in [5.74, 6) is 0.876. The van der Waals surface area contributed by atoms with E-state index in [1.54, 1.807) is 10.9 Å². The lowest BCUT2D eigenvalue weighted by molar-refractivity contribution is 0.0950. The highest BCUT2D eigenvalue weighted by Crippen LogP contribution is 2.19. The third kappa shape index (κ3) is 3.69. The van der Waals surface area contributed by atoms with Crippen LogP contribution in [-0.4, -0.2) is 33.8 Å². The van der Waals surface area contributed by atoms with Crippen LogP contribution in [0.3, 0.4) is 0 Å². The van der Waals surface area contributed by atoms with E-state index in [-0.39, 0.29) is 5.91 Å². The summed E-state index contributed by atoms with van der Waals surface area (Å²) in [6, 6.07) is 13.8. The molecular weight excluding hydrogens is 338 g/mol. The van der Waals surface area contributed by atoms with Crippen LogP contribution in [0.25, 0.3) is 5.69 Å². The van der Waals surface area contributed by atoms with Gasteiger partial charge in [0.15, 0.2) is 0 Å². The molecule has 27 heavy (non-hydrogen) atoms. The Bertz CT molecular complexity index is 929. The zero-order valence-corrected chi connectivity index (χ0v) is 15.4. The van der Waals surface area contributed by atoms with Gasteiger partial charge in [-0.25, -0.2) is 9.67 Å². The molecule has 3 aromatic rings. The molecule has 3 heterocycles. The second kappa shape index (κ2) is 7.61. The maximum absolute atomic E-state index is 12.6. The number of nitrogens with zero attached hydrogens (tertiary/aromatic N) is 4. The maximum Gasteiger partial charge on any atom is 0.255 e. The number of hydrogen-bond acceptors (Lipinski definition) is 4. The molecule has 0 aliphatic carbocycles. The Labute approximate surface area is 158 Å². The third-order valence-corrected chi connectivity index (χ3v) is 4.95. The number of hydrogen-bond donors (Lipinski definition) is 1. The monoisotopic (exact) mass is 361 g/mol. The van der Waals surface area contributed by atoms with Crippen molar-refractivity contribution in [1.29, 1.82) is 0 Å². The molecule has 0 atom stereocenters. The Morgan fingerprint density at radius 1 is 1.15 bits per heavy atom. The standard InChI is InChI=1S/C21H23N5O/c1-16-19(15-24-26(16)18-7-3-2-4-8-18)21(27)23-14-17-9-10-22-20(13-17)25-11-5-6-12-25/h2-4,7-10,13,15H,5-6,11-12,14H2,1H3,(H,23,27). The summed E-state index contributed by atoms with van der Waals surface area (Å²) < 4.78 is 1.78. The second-order valence-corrected chi connectivity index (χ2v) is 6.79. The van der Waals surface area contributed by atoms with Crippen molar-refractivity contribution >= 4 is 11.7 Å². The third-order valence-electron chi connectivity index (χ3n) is 4.95. The van der Waals surface area contributed by atoms with Gasteiger partial charge in [0.25, 0.3) is 5.91 Å². The predicted octanol–water partition coefficient (Wildman–Crippen LogP) is 3.11. The van der Waals surface area contributed by atoms with Crippen LogP contribution in [0.5, 0.6) is 0 Å². The van der Waals surface area contributed by atoms with Crippen LogP contribution in [0.1, 0.15) is 34.5 Å². The summed E-state index contributed by atoms with van der Waals surface area (Å²) in [5.41, 5.74) is 3.41. The number of amides is 1. The van der Waals surface area contributed by atoms with Crippen molar-refractivity contribution in [1.82, 2.24) is 20.1 Å². The number of benzene rings is 1. The highest BCUT2D eigenvalue weighted by Gasteiger charge is 2.16. The molecule has 138 valence electrons. The minimum Gasteiger partial charge on any atom is -0.357 e. The fraction of sp³-hybridized carbons (Fsp3) is 0.286. The Hall–Kier alpha value is -3.15. The Kier molecular flexibility index (Phi) is 4.87. The summed E-state index contributed by atoms with van der Waals surface area (Å²) in [4.78, 5) is 19.4. The minimum absolute atomic E-state index is 0.116. The Morgan fingerprint density at radius 3 is 2.70 bits per heavy atom. The fourth-order valence-electron chi connectivity index (χ4n) is 3.43. The van der Waals surface area contributed by atoms with E-state index in [4.69, 9.17) is 0 Å². The summed E-state index contributed by atoms with van der Waals surface area (Å²) >= 11 is 0. The van der Waals surface area contributed by atoms with E-state index in [0.29, 0.717) is 12.1 Å². The van der Waals surface area contributed by atoms with Crippen LogP contribution in [0.15, 0.2) is 54.9 Å². The van der Waals surface area contributed by atoms with Gasteiger partial charge in [0.2, 0.25) is 0 Å². The first-order valence-corrected chi connectivity index (χ1v) is 9.30. The highest BCUT2D eigenvalue weighted by atomic mass is 16.1. The van der Waals surface area contributed by atoms with Gasteiger partial charge in [-0.05, 0) is 49.6 Å². The lowest BCUT2D eigenvalue weighted by atomic mass is 10.2. The Balaban J connectivity index is 1.44. The van der Waals surface area contributed by atoms with Crippen molar-refractivity contribution < 1.29 is 4.79 Å². The normalized spacial score (nSPS) is 13.7. The zero-order chi connectivity index (χ0) is 18.6. The summed E-state index contributed by atoms with van der Waals surface area (Å²) in [5, 5.41) is 7.37. The van der Waals surface area contributed by atoms with Crippen molar-refractivity contribution in [3.8, 4) is 5.69 Å². The summed E-state index contributed by atoms with van der Waals surface area (Å²) in [6.45, 7) is 4.49. The Morgan fingerprint density at radius 2 is 1.93 bits per heavy atom. The van der Waals surface area contributed by atoms with Crippen molar-refractivity contribution in [3.05, 3.63) is 71.7 Å². The van der Waals surface area contributed by atoms with E-state index in [0.717, 1.165) is 35.9 Å². The van der Waals surface area contributed by atoms with E-state index in [1.807, 2.05) is 49.5 Å². The number of pyridine rings is 1. The van der Waals surface area contributed by atoms with Gasteiger partial charge in [-0.1, -0.05) is 18.2 Å². The molecule has 1 N–H and O–H groups in total. The molecule has 6 nitrogen and oxygen atoms in total. The van der Waals surface area contributed by atoms with Gasteiger partial charge < -0.3 is 10.2 Å². The molecule has 1 aliphatic heterocycles. The number of para-hydroxylation sites is 1. The van der Waals surface area contributed by atoms with Crippen molar-refractivity contribution in [2.75, 3.05) is 18.0 Å². The van der Waals surface area contributed by atoms with E-state index in [2.05, 4.69) is 26.4 Å².